The summed E-state index contributed by atoms with van der Waals surface area (Å²) in [6.45, 7) is 2.62. The lowest BCUT2D eigenvalue weighted by Gasteiger charge is -2.32. The third-order valence-electron chi connectivity index (χ3n) is 4.29. The highest BCUT2D eigenvalue weighted by atomic mass is 16.5. The maximum atomic E-state index is 11.9. The fraction of sp³-hybridized carbons (Fsp3) is 0.500. The van der Waals surface area contributed by atoms with E-state index in [9.17, 15) is 4.79 Å². The molecule has 2 heterocycles. The van der Waals surface area contributed by atoms with Gasteiger partial charge in [0.25, 0.3) is 0 Å². The molecular formula is C18H24N2O3. The van der Waals surface area contributed by atoms with E-state index in [1.807, 2.05) is 17.0 Å². The van der Waals surface area contributed by atoms with Gasteiger partial charge in [0, 0.05) is 32.1 Å². The van der Waals surface area contributed by atoms with Gasteiger partial charge >= 0.3 is 0 Å². The molecule has 5 heteroatoms. The van der Waals surface area contributed by atoms with Crippen LogP contribution >= 0.6 is 0 Å². The third kappa shape index (κ3) is 4.05. The summed E-state index contributed by atoms with van der Waals surface area (Å²) in [7, 11) is 1.55. The van der Waals surface area contributed by atoms with Gasteiger partial charge in [-0.2, -0.15) is 0 Å². The Labute approximate surface area is 137 Å². The van der Waals surface area contributed by atoms with Crippen LogP contribution in [0.3, 0.4) is 0 Å². The minimum Gasteiger partial charge on any atom is -0.489 e. The molecule has 1 unspecified atom stereocenters. The summed E-state index contributed by atoms with van der Waals surface area (Å²) in [5.41, 5.74) is 1.19. The standard InChI is InChI=1S/C18H24N2O3/c1-22-14-18(21)20-12-4-5-17(13-20)23-16-8-6-15(7-9-16)19-10-2-3-11-19/h2,6-10,17H,3-5,11-14H2,1H3. The number of methoxy groups -OCH3 is 1. The molecule has 2 aliphatic heterocycles. The highest BCUT2D eigenvalue weighted by Gasteiger charge is 2.24. The molecule has 0 spiro atoms. The first-order chi connectivity index (χ1) is 11.3. The first-order valence-corrected chi connectivity index (χ1v) is 8.23. The van der Waals surface area contributed by atoms with Crippen LogP contribution in [-0.2, 0) is 9.53 Å². The zero-order chi connectivity index (χ0) is 16.1. The van der Waals surface area contributed by atoms with E-state index in [-0.39, 0.29) is 18.6 Å². The van der Waals surface area contributed by atoms with Crippen molar-refractivity contribution in [2.24, 2.45) is 0 Å². The molecular weight excluding hydrogens is 292 g/mol. The summed E-state index contributed by atoms with van der Waals surface area (Å²) in [5, 5.41) is 0. The molecule has 0 N–H and O–H groups in total. The first-order valence-electron chi connectivity index (χ1n) is 8.23. The van der Waals surface area contributed by atoms with Crippen LogP contribution in [0.5, 0.6) is 5.75 Å². The predicted molar refractivity (Wildman–Crippen MR) is 89.7 cm³/mol. The average molecular weight is 316 g/mol. The Kier molecular flexibility index (Phi) is 5.18. The third-order valence-corrected chi connectivity index (χ3v) is 4.29. The van der Waals surface area contributed by atoms with E-state index in [0.29, 0.717) is 6.54 Å². The summed E-state index contributed by atoms with van der Waals surface area (Å²) < 4.78 is 11.0. The maximum absolute atomic E-state index is 11.9. The molecule has 1 fully saturated rings. The highest BCUT2D eigenvalue weighted by molar-refractivity contribution is 5.77. The Morgan fingerprint density at radius 2 is 2.09 bits per heavy atom. The molecule has 1 aromatic carbocycles. The number of ether oxygens (including phenoxy) is 2. The molecule has 0 radical (unpaired) electrons. The molecule has 1 aromatic rings. The highest BCUT2D eigenvalue weighted by Crippen LogP contribution is 2.24. The predicted octanol–water partition coefficient (Wildman–Crippen LogP) is 2.43. The topological polar surface area (TPSA) is 42.0 Å². The molecule has 2 aliphatic rings. The Bertz CT molecular complexity index is 556. The first kappa shape index (κ1) is 15.9. The number of amides is 1. The van der Waals surface area contributed by atoms with Gasteiger partial charge in [0.2, 0.25) is 5.91 Å². The molecule has 23 heavy (non-hydrogen) atoms. The second-order valence-corrected chi connectivity index (χ2v) is 6.02. The van der Waals surface area contributed by atoms with E-state index in [4.69, 9.17) is 9.47 Å². The van der Waals surface area contributed by atoms with Crippen LogP contribution in [0.2, 0.25) is 0 Å². The summed E-state index contributed by atoms with van der Waals surface area (Å²) in [4.78, 5) is 16.0. The number of carbonyl (C=O) groups is 1. The van der Waals surface area contributed by atoms with Crippen molar-refractivity contribution in [3.05, 3.63) is 36.5 Å². The van der Waals surface area contributed by atoms with Crippen LogP contribution in [0, 0.1) is 0 Å². The Hall–Kier alpha value is -2.01. The minimum atomic E-state index is 0.0389. The number of likely N-dealkylation sites (tertiary alicyclic amines) is 1. The number of piperidine rings is 1. The number of carbonyl (C=O) groups excluding carboxylic acids is 1. The molecule has 3 rings (SSSR count). The molecule has 1 amide bonds. The van der Waals surface area contributed by atoms with Crippen molar-refractivity contribution in [1.82, 2.24) is 4.90 Å². The Balaban J connectivity index is 1.56. The van der Waals surface area contributed by atoms with Crippen LogP contribution in [-0.4, -0.2) is 50.3 Å². The maximum Gasteiger partial charge on any atom is 0.248 e. The average Bonchev–Trinajstić information content (AvgIpc) is 3.11. The molecule has 0 aliphatic carbocycles. The number of anilines is 1. The quantitative estimate of drug-likeness (QED) is 0.837. The summed E-state index contributed by atoms with van der Waals surface area (Å²) >= 11 is 0. The van der Waals surface area contributed by atoms with Gasteiger partial charge in [-0.3, -0.25) is 4.79 Å². The van der Waals surface area contributed by atoms with Gasteiger partial charge in [0.15, 0.2) is 0 Å². The van der Waals surface area contributed by atoms with Crippen LogP contribution < -0.4 is 9.64 Å². The molecule has 0 aromatic heterocycles. The van der Waals surface area contributed by atoms with Crippen LogP contribution in [0.1, 0.15) is 19.3 Å². The van der Waals surface area contributed by atoms with Crippen molar-refractivity contribution in [3.63, 3.8) is 0 Å². The fourth-order valence-electron chi connectivity index (χ4n) is 3.09. The molecule has 1 saturated heterocycles. The lowest BCUT2D eigenvalue weighted by molar-refractivity contribution is -0.137. The van der Waals surface area contributed by atoms with Crippen LogP contribution in [0.4, 0.5) is 5.69 Å². The second-order valence-electron chi connectivity index (χ2n) is 6.02. The van der Waals surface area contributed by atoms with E-state index >= 15 is 0 Å². The van der Waals surface area contributed by atoms with E-state index in [0.717, 1.165) is 38.1 Å². The number of rotatable bonds is 5. The Morgan fingerprint density at radius 3 is 2.78 bits per heavy atom. The minimum absolute atomic E-state index is 0.0389. The smallest absolute Gasteiger partial charge is 0.248 e. The van der Waals surface area contributed by atoms with E-state index < -0.39 is 0 Å². The monoisotopic (exact) mass is 316 g/mol. The second kappa shape index (κ2) is 7.51. The van der Waals surface area contributed by atoms with Crippen molar-refractivity contribution in [3.8, 4) is 5.75 Å². The number of hydrogen-bond acceptors (Lipinski definition) is 4. The lowest BCUT2D eigenvalue weighted by Crippen LogP contribution is -2.45. The number of nitrogens with zero attached hydrogens (tertiary/aromatic N) is 2. The zero-order valence-corrected chi connectivity index (χ0v) is 13.6. The van der Waals surface area contributed by atoms with Gasteiger partial charge in [0.1, 0.15) is 18.5 Å². The van der Waals surface area contributed by atoms with Gasteiger partial charge in [-0.25, -0.2) is 0 Å². The largest absolute Gasteiger partial charge is 0.489 e. The van der Waals surface area contributed by atoms with E-state index in [2.05, 4.69) is 29.3 Å². The van der Waals surface area contributed by atoms with Crippen molar-refractivity contribution in [2.45, 2.75) is 25.4 Å². The van der Waals surface area contributed by atoms with Gasteiger partial charge in [-0.1, -0.05) is 6.08 Å². The number of benzene rings is 1. The lowest BCUT2D eigenvalue weighted by atomic mass is 10.1. The van der Waals surface area contributed by atoms with Crippen LogP contribution in [0.25, 0.3) is 0 Å². The van der Waals surface area contributed by atoms with Crippen molar-refractivity contribution < 1.29 is 14.3 Å². The van der Waals surface area contributed by atoms with Gasteiger partial charge in [-0.05, 0) is 43.5 Å². The van der Waals surface area contributed by atoms with Crippen molar-refractivity contribution in [2.75, 3.05) is 38.3 Å². The van der Waals surface area contributed by atoms with Crippen molar-refractivity contribution in [1.29, 1.82) is 0 Å². The van der Waals surface area contributed by atoms with Gasteiger partial charge < -0.3 is 19.3 Å². The van der Waals surface area contributed by atoms with Crippen molar-refractivity contribution >= 4 is 11.6 Å². The van der Waals surface area contributed by atoms with Gasteiger partial charge in [-0.15, -0.1) is 0 Å². The summed E-state index contributed by atoms with van der Waals surface area (Å²) in [6, 6.07) is 8.19. The molecule has 5 nitrogen and oxygen atoms in total. The SMILES string of the molecule is COCC(=O)N1CCCC(Oc2ccc(N3C=CCC3)cc2)C1. The molecule has 124 valence electrons. The molecule has 0 bridgehead atoms. The zero-order valence-electron chi connectivity index (χ0n) is 13.6. The van der Waals surface area contributed by atoms with E-state index in [1.165, 1.54) is 5.69 Å². The molecule has 0 saturated carbocycles. The van der Waals surface area contributed by atoms with Gasteiger partial charge in [0.05, 0.1) is 6.54 Å². The normalized spacial score (nSPS) is 20.8. The Morgan fingerprint density at radius 1 is 1.26 bits per heavy atom. The van der Waals surface area contributed by atoms with E-state index in [1.54, 1.807) is 7.11 Å². The fourth-order valence-corrected chi connectivity index (χ4v) is 3.09. The van der Waals surface area contributed by atoms with Crippen LogP contribution in [0.15, 0.2) is 36.5 Å². The number of hydrogen-bond donors (Lipinski definition) is 0. The molecule has 1 atom stereocenters. The summed E-state index contributed by atoms with van der Waals surface area (Å²) in [6.07, 6.45) is 7.41. The summed E-state index contributed by atoms with van der Waals surface area (Å²) in [5.74, 6) is 0.903.